The lowest BCUT2D eigenvalue weighted by molar-refractivity contribution is -0.138. The topological polar surface area (TPSA) is 110 Å². The van der Waals surface area contributed by atoms with Crippen molar-refractivity contribution in [3.05, 3.63) is 45.7 Å². The number of benzene rings is 1. The van der Waals surface area contributed by atoms with Gasteiger partial charge in [-0.2, -0.15) is 0 Å². The number of likely N-dealkylation sites (tertiary alicyclic amines) is 2. The second kappa shape index (κ2) is 13.9. The maximum atomic E-state index is 13.8. The van der Waals surface area contributed by atoms with Gasteiger partial charge in [-0.05, 0) is 89.0 Å². The van der Waals surface area contributed by atoms with Gasteiger partial charge in [0.2, 0.25) is 17.8 Å². The minimum absolute atomic E-state index is 0.0832. The summed E-state index contributed by atoms with van der Waals surface area (Å²) >= 11 is 6.42. The first kappa shape index (κ1) is 34.5. The summed E-state index contributed by atoms with van der Waals surface area (Å²) in [4.78, 5) is 55.9. The first-order chi connectivity index (χ1) is 22.8. The van der Waals surface area contributed by atoms with Gasteiger partial charge >= 0.3 is 5.97 Å². The van der Waals surface area contributed by atoms with E-state index in [0.717, 1.165) is 38.0 Å². The van der Waals surface area contributed by atoms with Crippen LogP contribution in [0.3, 0.4) is 0 Å². The van der Waals surface area contributed by atoms with E-state index in [4.69, 9.17) is 11.6 Å². The van der Waals surface area contributed by atoms with E-state index in [1.165, 1.54) is 0 Å². The zero-order valence-electron chi connectivity index (χ0n) is 27.9. The number of carboxylic acid groups (broad SMARTS) is 1. The van der Waals surface area contributed by atoms with E-state index in [9.17, 15) is 28.3 Å². The van der Waals surface area contributed by atoms with Gasteiger partial charge in [0.25, 0.3) is 5.91 Å². The van der Waals surface area contributed by atoms with Gasteiger partial charge in [0, 0.05) is 68.7 Å². The quantitative estimate of drug-likeness (QED) is 0.376. The Morgan fingerprint density at radius 1 is 1.00 bits per heavy atom. The Hall–Kier alpha value is -3.38. The summed E-state index contributed by atoms with van der Waals surface area (Å²) < 4.78 is 27.7. The second-order valence-corrected chi connectivity index (χ2v) is 14.6. The van der Waals surface area contributed by atoms with Gasteiger partial charge in [-0.15, -0.1) is 0 Å². The SMILES string of the molecule is Cc1ccc(N(CCCN2CC3CN(C(=O)c4c(C)nc(N5CCC[C@H]5C(=O)O)nc4C)CC3C2)C(=O)C2CCC(F)(F)CC2)cc1Cl. The molecule has 4 fully saturated rings. The molecule has 3 aliphatic heterocycles. The summed E-state index contributed by atoms with van der Waals surface area (Å²) in [5, 5.41) is 10.2. The minimum Gasteiger partial charge on any atom is -0.480 e. The summed E-state index contributed by atoms with van der Waals surface area (Å²) in [6, 6.07) is 4.90. The van der Waals surface area contributed by atoms with Crippen LogP contribution in [-0.2, 0) is 9.59 Å². The highest BCUT2D eigenvalue weighted by atomic mass is 35.5. The highest BCUT2D eigenvalue weighted by Gasteiger charge is 2.43. The smallest absolute Gasteiger partial charge is 0.326 e. The van der Waals surface area contributed by atoms with Gasteiger partial charge in [0.1, 0.15) is 6.04 Å². The fourth-order valence-corrected chi connectivity index (χ4v) is 8.25. The molecule has 2 aromatic rings. The molecule has 4 aliphatic rings. The lowest BCUT2D eigenvalue weighted by atomic mass is 9.85. The van der Waals surface area contributed by atoms with E-state index in [-0.39, 0.29) is 37.5 Å². The number of carboxylic acids is 1. The van der Waals surface area contributed by atoms with E-state index in [0.29, 0.717) is 78.0 Å². The Bertz CT molecular complexity index is 1530. The van der Waals surface area contributed by atoms with Crippen molar-refractivity contribution in [2.75, 3.05) is 55.6 Å². The number of rotatable bonds is 9. The molecule has 0 bridgehead atoms. The van der Waals surface area contributed by atoms with Gasteiger partial charge < -0.3 is 24.7 Å². The first-order valence-electron chi connectivity index (χ1n) is 17.1. The summed E-state index contributed by atoms with van der Waals surface area (Å²) in [5.41, 5.74) is 3.22. The van der Waals surface area contributed by atoms with Gasteiger partial charge in [-0.1, -0.05) is 17.7 Å². The minimum atomic E-state index is -2.69. The van der Waals surface area contributed by atoms with Crippen LogP contribution in [0, 0.1) is 38.5 Å². The highest BCUT2D eigenvalue weighted by molar-refractivity contribution is 6.31. The molecule has 13 heteroatoms. The fourth-order valence-electron chi connectivity index (χ4n) is 8.07. The predicted octanol–water partition coefficient (Wildman–Crippen LogP) is 5.36. The van der Waals surface area contributed by atoms with E-state index >= 15 is 0 Å². The zero-order valence-corrected chi connectivity index (χ0v) is 28.7. The normalized spacial score (nSPS) is 24.2. The van der Waals surface area contributed by atoms with Gasteiger partial charge in [-0.25, -0.2) is 23.5 Å². The number of fused-ring (bicyclic) bond motifs is 1. The molecule has 3 atom stereocenters. The molecule has 2 amide bonds. The second-order valence-electron chi connectivity index (χ2n) is 14.2. The van der Waals surface area contributed by atoms with Crippen molar-refractivity contribution in [1.29, 1.82) is 0 Å². The molecule has 3 saturated heterocycles. The monoisotopic (exact) mass is 686 g/mol. The Kier molecular flexibility index (Phi) is 9.95. The van der Waals surface area contributed by atoms with Gasteiger partial charge in [0.15, 0.2) is 0 Å². The van der Waals surface area contributed by atoms with Crippen LogP contribution in [-0.4, -0.2) is 100 Å². The number of anilines is 2. The average molecular weight is 687 g/mol. The van der Waals surface area contributed by atoms with Crippen molar-refractivity contribution in [3.63, 3.8) is 0 Å². The number of hydrogen-bond acceptors (Lipinski definition) is 7. The van der Waals surface area contributed by atoms with Crippen molar-refractivity contribution in [2.45, 2.75) is 77.7 Å². The zero-order chi connectivity index (χ0) is 34.3. The lowest BCUT2D eigenvalue weighted by Gasteiger charge is -2.32. The number of aliphatic carboxylic acids is 1. The number of amides is 2. The molecular formula is C35H45ClF2N6O4. The number of alkyl halides is 2. The van der Waals surface area contributed by atoms with E-state index in [2.05, 4.69) is 14.9 Å². The number of halogens is 3. The number of hydrogen-bond donors (Lipinski definition) is 1. The van der Waals surface area contributed by atoms with Crippen molar-refractivity contribution in [2.24, 2.45) is 17.8 Å². The third kappa shape index (κ3) is 7.15. The summed E-state index contributed by atoms with van der Waals surface area (Å²) in [6.07, 6.45) is 1.89. The van der Waals surface area contributed by atoms with Gasteiger partial charge in [-0.3, -0.25) is 9.59 Å². The van der Waals surface area contributed by atoms with Crippen molar-refractivity contribution >= 4 is 41.0 Å². The first-order valence-corrected chi connectivity index (χ1v) is 17.5. The predicted molar refractivity (Wildman–Crippen MR) is 179 cm³/mol. The maximum absolute atomic E-state index is 13.8. The molecule has 1 saturated carbocycles. The number of carbonyl (C=O) groups is 3. The molecule has 1 N–H and O–H groups in total. The third-order valence-electron chi connectivity index (χ3n) is 10.8. The number of carbonyl (C=O) groups excluding carboxylic acids is 2. The number of aryl methyl sites for hydroxylation is 3. The van der Waals surface area contributed by atoms with Crippen molar-refractivity contribution < 1.29 is 28.3 Å². The van der Waals surface area contributed by atoms with Crippen LogP contribution in [0.5, 0.6) is 0 Å². The van der Waals surface area contributed by atoms with E-state index in [1.54, 1.807) is 29.7 Å². The third-order valence-corrected chi connectivity index (χ3v) is 11.2. The Morgan fingerprint density at radius 3 is 2.25 bits per heavy atom. The highest BCUT2D eigenvalue weighted by Crippen LogP contribution is 2.38. The van der Waals surface area contributed by atoms with Crippen LogP contribution in [0.15, 0.2) is 18.2 Å². The van der Waals surface area contributed by atoms with Crippen LogP contribution in [0.25, 0.3) is 0 Å². The summed E-state index contributed by atoms with van der Waals surface area (Å²) in [6.45, 7) is 10.3. The summed E-state index contributed by atoms with van der Waals surface area (Å²) in [5.74, 6) is -3.15. The largest absolute Gasteiger partial charge is 0.480 e. The van der Waals surface area contributed by atoms with Crippen LogP contribution in [0.4, 0.5) is 20.4 Å². The number of nitrogens with zero attached hydrogens (tertiary/aromatic N) is 6. The molecule has 260 valence electrons. The summed E-state index contributed by atoms with van der Waals surface area (Å²) in [7, 11) is 0. The lowest BCUT2D eigenvalue weighted by Crippen LogP contribution is -2.41. The Morgan fingerprint density at radius 2 is 1.65 bits per heavy atom. The molecule has 48 heavy (non-hydrogen) atoms. The molecule has 2 unspecified atom stereocenters. The van der Waals surface area contributed by atoms with E-state index < -0.39 is 23.9 Å². The molecule has 1 aromatic carbocycles. The van der Waals surface area contributed by atoms with Gasteiger partial charge in [0.05, 0.1) is 17.0 Å². The van der Waals surface area contributed by atoms with E-state index in [1.807, 2.05) is 24.0 Å². The molecule has 0 spiro atoms. The number of aromatic nitrogens is 2. The maximum Gasteiger partial charge on any atom is 0.326 e. The van der Waals surface area contributed by atoms with Crippen LogP contribution >= 0.6 is 11.6 Å². The standard InChI is InChI=1S/C35H45ClF2N6O4/c1-21-7-8-27(16-28(21)36)43(31(45)24-9-11-35(37,38)12-10-24)15-5-13-41-17-25-19-42(20-26(25)18-41)32(46)30-22(2)39-34(40-23(30)3)44-14-4-6-29(44)33(47)48/h7-8,16,24-26,29H,4-6,9-15,17-20H2,1-3H3,(H,47,48)/t25?,26?,29-/m0/s1. The van der Waals surface area contributed by atoms with Crippen molar-refractivity contribution in [1.82, 2.24) is 19.8 Å². The molecule has 4 heterocycles. The Labute approximate surface area is 285 Å². The molecule has 1 aromatic heterocycles. The van der Waals surface area contributed by atoms with Crippen LogP contribution in [0.2, 0.25) is 5.02 Å². The molecular weight excluding hydrogens is 642 g/mol. The molecule has 0 radical (unpaired) electrons. The fraction of sp³-hybridized carbons (Fsp3) is 0.629. The molecule has 10 nitrogen and oxygen atoms in total. The van der Waals surface area contributed by atoms with Crippen LogP contribution < -0.4 is 9.80 Å². The average Bonchev–Trinajstić information content (AvgIpc) is 3.76. The molecule has 6 rings (SSSR count). The van der Waals surface area contributed by atoms with Crippen molar-refractivity contribution in [3.8, 4) is 0 Å². The van der Waals surface area contributed by atoms with Crippen LogP contribution in [0.1, 0.15) is 72.3 Å². The molecule has 1 aliphatic carbocycles. The Balaban J connectivity index is 1.04.